The molecule has 1 aliphatic carbocycles. The topological polar surface area (TPSA) is 60.9 Å². The van der Waals surface area contributed by atoms with Gasteiger partial charge in [0, 0.05) is 19.1 Å². The fraction of sp³-hybridized carbons (Fsp3) is 0.636. The van der Waals surface area contributed by atoms with Gasteiger partial charge < -0.3 is 10.0 Å². The number of piperidine rings is 1. The molecular formula is C22H30N2O3. The number of rotatable bonds is 4. The normalized spacial score (nSPS) is 31.5. The molecule has 1 amide bonds. The summed E-state index contributed by atoms with van der Waals surface area (Å²) in [7, 11) is 0. The van der Waals surface area contributed by atoms with Crippen LogP contribution in [0.2, 0.25) is 0 Å². The number of amides is 1. The van der Waals surface area contributed by atoms with Gasteiger partial charge in [-0.2, -0.15) is 0 Å². The first kappa shape index (κ1) is 18.5. The molecule has 1 aromatic rings. The van der Waals surface area contributed by atoms with Crippen LogP contribution in [0.25, 0.3) is 0 Å². The molecule has 2 heterocycles. The van der Waals surface area contributed by atoms with Gasteiger partial charge in [-0.05, 0) is 50.1 Å². The zero-order chi connectivity index (χ0) is 18.8. The van der Waals surface area contributed by atoms with Crippen LogP contribution >= 0.6 is 0 Å². The van der Waals surface area contributed by atoms with Crippen LogP contribution in [-0.4, -0.2) is 52.0 Å². The number of carbonyl (C=O) groups is 2. The van der Waals surface area contributed by atoms with Crippen LogP contribution in [0.4, 0.5) is 0 Å². The second kappa shape index (κ2) is 8.01. The van der Waals surface area contributed by atoms with Crippen molar-refractivity contribution in [1.29, 1.82) is 0 Å². The number of fused-ring (bicyclic) bond motifs is 1. The van der Waals surface area contributed by atoms with Gasteiger partial charge in [-0.15, -0.1) is 0 Å². The summed E-state index contributed by atoms with van der Waals surface area (Å²) in [4.78, 5) is 29.4. The van der Waals surface area contributed by atoms with Gasteiger partial charge >= 0.3 is 5.97 Å². The zero-order valence-corrected chi connectivity index (χ0v) is 15.9. The third kappa shape index (κ3) is 3.88. The molecule has 4 atom stereocenters. The van der Waals surface area contributed by atoms with Crippen molar-refractivity contribution in [2.75, 3.05) is 13.1 Å². The molecule has 5 heteroatoms. The standard InChI is InChI=1S/C22H30N2O3/c25-21(24-19-11-5-4-9-17(19)13-20(24)22(26)27)18-10-6-12-23(15-18)14-16-7-2-1-3-8-16/h1-3,7-8,17-20H,4-6,9-15H2,(H,26,27). The summed E-state index contributed by atoms with van der Waals surface area (Å²) in [6, 6.07) is 9.90. The molecule has 4 unspecified atom stereocenters. The Balaban J connectivity index is 1.46. The molecule has 4 rings (SSSR count). The smallest absolute Gasteiger partial charge is 0.326 e. The Morgan fingerprint density at radius 2 is 1.81 bits per heavy atom. The van der Waals surface area contributed by atoms with Crippen LogP contribution in [-0.2, 0) is 16.1 Å². The van der Waals surface area contributed by atoms with Gasteiger partial charge in [0.15, 0.2) is 0 Å². The van der Waals surface area contributed by atoms with Crippen molar-refractivity contribution in [2.45, 2.75) is 63.6 Å². The number of likely N-dealkylation sites (tertiary alicyclic amines) is 2. The van der Waals surface area contributed by atoms with Crippen LogP contribution in [0.15, 0.2) is 30.3 Å². The van der Waals surface area contributed by atoms with Gasteiger partial charge in [-0.1, -0.05) is 43.2 Å². The van der Waals surface area contributed by atoms with Crippen molar-refractivity contribution in [3.8, 4) is 0 Å². The Kier molecular flexibility index (Phi) is 5.48. The number of carbonyl (C=O) groups excluding carboxylic acids is 1. The summed E-state index contributed by atoms with van der Waals surface area (Å²) in [6.07, 6.45) is 6.86. The van der Waals surface area contributed by atoms with Gasteiger partial charge in [-0.25, -0.2) is 4.79 Å². The molecule has 3 aliphatic rings. The fourth-order valence-electron chi connectivity index (χ4n) is 5.45. The van der Waals surface area contributed by atoms with E-state index in [1.165, 1.54) is 12.0 Å². The van der Waals surface area contributed by atoms with E-state index < -0.39 is 12.0 Å². The molecule has 2 aliphatic heterocycles. The minimum absolute atomic E-state index is 0.0648. The summed E-state index contributed by atoms with van der Waals surface area (Å²) in [5.74, 6) is -0.415. The molecule has 0 spiro atoms. The summed E-state index contributed by atoms with van der Waals surface area (Å²) in [6.45, 7) is 2.61. The van der Waals surface area contributed by atoms with E-state index in [1.54, 1.807) is 4.90 Å². The number of hydrogen-bond acceptors (Lipinski definition) is 3. The van der Waals surface area contributed by atoms with E-state index in [1.807, 2.05) is 18.2 Å². The molecule has 0 aromatic heterocycles. The van der Waals surface area contributed by atoms with E-state index in [2.05, 4.69) is 17.0 Å². The van der Waals surface area contributed by atoms with Crippen molar-refractivity contribution < 1.29 is 14.7 Å². The highest BCUT2D eigenvalue weighted by Gasteiger charge is 2.49. The van der Waals surface area contributed by atoms with Gasteiger partial charge in [0.05, 0.1) is 5.92 Å². The van der Waals surface area contributed by atoms with Crippen LogP contribution < -0.4 is 0 Å². The van der Waals surface area contributed by atoms with E-state index in [4.69, 9.17) is 0 Å². The van der Waals surface area contributed by atoms with Gasteiger partial charge in [0.25, 0.3) is 0 Å². The second-order valence-electron chi connectivity index (χ2n) is 8.51. The molecular weight excluding hydrogens is 340 g/mol. The second-order valence-corrected chi connectivity index (χ2v) is 8.51. The number of carboxylic acid groups (broad SMARTS) is 1. The summed E-state index contributed by atoms with van der Waals surface area (Å²) < 4.78 is 0. The molecule has 27 heavy (non-hydrogen) atoms. The fourth-order valence-corrected chi connectivity index (χ4v) is 5.45. The van der Waals surface area contributed by atoms with Crippen molar-refractivity contribution in [3.05, 3.63) is 35.9 Å². The van der Waals surface area contributed by atoms with Crippen molar-refractivity contribution in [1.82, 2.24) is 9.80 Å². The predicted octanol–water partition coefficient (Wildman–Crippen LogP) is 3.14. The van der Waals surface area contributed by atoms with E-state index in [0.717, 1.165) is 51.7 Å². The Morgan fingerprint density at radius 1 is 1.04 bits per heavy atom. The molecule has 1 N–H and O–H groups in total. The van der Waals surface area contributed by atoms with Crippen LogP contribution in [0.3, 0.4) is 0 Å². The maximum absolute atomic E-state index is 13.4. The minimum atomic E-state index is -0.824. The lowest BCUT2D eigenvalue weighted by Gasteiger charge is -2.38. The summed E-state index contributed by atoms with van der Waals surface area (Å²) >= 11 is 0. The number of hydrogen-bond donors (Lipinski definition) is 1. The van der Waals surface area contributed by atoms with Crippen LogP contribution in [0.1, 0.15) is 50.5 Å². The zero-order valence-electron chi connectivity index (χ0n) is 15.9. The Labute approximate surface area is 161 Å². The first-order valence-electron chi connectivity index (χ1n) is 10.4. The number of carboxylic acids is 1. The van der Waals surface area contributed by atoms with Crippen molar-refractivity contribution in [2.24, 2.45) is 11.8 Å². The maximum Gasteiger partial charge on any atom is 0.326 e. The third-order valence-electron chi connectivity index (χ3n) is 6.73. The molecule has 0 bridgehead atoms. The van der Waals surface area contributed by atoms with Gasteiger partial charge in [0.1, 0.15) is 6.04 Å². The molecule has 0 radical (unpaired) electrons. The third-order valence-corrected chi connectivity index (χ3v) is 6.73. The minimum Gasteiger partial charge on any atom is -0.480 e. The molecule has 146 valence electrons. The van der Waals surface area contributed by atoms with E-state index in [0.29, 0.717) is 12.3 Å². The Bertz CT molecular complexity index is 677. The average Bonchev–Trinajstić information content (AvgIpc) is 3.08. The lowest BCUT2D eigenvalue weighted by Crippen LogP contribution is -2.51. The molecule has 1 aromatic carbocycles. The quantitative estimate of drug-likeness (QED) is 0.884. The van der Waals surface area contributed by atoms with E-state index in [-0.39, 0.29) is 17.9 Å². The summed E-state index contributed by atoms with van der Waals surface area (Å²) in [5.41, 5.74) is 1.27. The predicted molar refractivity (Wildman–Crippen MR) is 103 cm³/mol. The lowest BCUT2D eigenvalue weighted by atomic mass is 9.84. The molecule has 2 saturated heterocycles. The Morgan fingerprint density at radius 3 is 2.59 bits per heavy atom. The highest BCUT2D eigenvalue weighted by Crippen LogP contribution is 2.41. The molecule has 3 fully saturated rings. The highest BCUT2D eigenvalue weighted by atomic mass is 16.4. The number of aliphatic carboxylic acids is 1. The highest BCUT2D eigenvalue weighted by molar-refractivity contribution is 5.86. The Hall–Kier alpha value is -1.88. The maximum atomic E-state index is 13.4. The molecule has 1 saturated carbocycles. The first-order valence-corrected chi connectivity index (χ1v) is 10.4. The van der Waals surface area contributed by atoms with Crippen LogP contribution in [0, 0.1) is 11.8 Å². The molecule has 5 nitrogen and oxygen atoms in total. The van der Waals surface area contributed by atoms with Crippen LogP contribution in [0.5, 0.6) is 0 Å². The SMILES string of the molecule is O=C(O)C1CC2CCCCC2N1C(=O)C1CCCN(Cc2ccccc2)C1. The van der Waals surface area contributed by atoms with Gasteiger partial charge in [0.2, 0.25) is 5.91 Å². The number of benzene rings is 1. The van der Waals surface area contributed by atoms with Crippen molar-refractivity contribution in [3.63, 3.8) is 0 Å². The lowest BCUT2D eigenvalue weighted by molar-refractivity contribution is -0.152. The largest absolute Gasteiger partial charge is 0.480 e. The first-order chi connectivity index (χ1) is 13.1. The summed E-state index contributed by atoms with van der Waals surface area (Å²) in [5, 5.41) is 9.72. The number of nitrogens with zero attached hydrogens (tertiary/aromatic N) is 2. The van der Waals surface area contributed by atoms with Crippen molar-refractivity contribution >= 4 is 11.9 Å². The monoisotopic (exact) mass is 370 g/mol. The van der Waals surface area contributed by atoms with E-state index >= 15 is 0 Å². The van der Waals surface area contributed by atoms with E-state index in [9.17, 15) is 14.7 Å². The average molecular weight is 370 g/mol. The van der Waals surface area contributed by atoms with Gasteiger partial charge in [-0.3, -0.25) is 9.69 Å².